The van der Waals surface area contributed by atoms with Crippen molar-refractivity contribution in [3.8, 4) is 0 Å². The summed E-state index contributed by atoms with van der Waals surface area (Å²) in [6, 6.07) is 10.0. The van der Waals surface area contributed by atoms with Crippen LogP contribution >= 0.6 is 0 Å². The van der Waals surface area contributed by atoms with E-state index in [-0.39, 0.29) is 30.9 Å². The number of hydrogen-bond donors (Lipinski definition) is 0. The van der Waals surface area contributed by atoms with Crippen LogP contribution < -0.4 is 0 Å². The van der Waals surface area contributed by atoms with E-state index in [2.05, 4.69) is 4.98 Å². The first kappa shape index (κ1) is 15.6. The molecule has 4 nitrogen and oxygen atoms in total. The molecule has 0 aliphatic carbocycles. The maximum atomic E-state index is 11.8. The number of benzene rings is 1. The quantitative estimate of drug-likeness (QED) is 0.617. The van der Waals surface area contributed by atoms with E-state index in [1.54, 1.807) is 13.3 Å². The molecule has 0 aliphatic rings. The van der Waals surface area contributed by atoms with E-state index >= 15 is 0 Å². The summed E-state index contributed by atoms with van der Waals surface area (Å²) in [5.41, 5.74) is 1.61. The van der Waals surface area contributed by atoms with Crippen LogP contribution in [0.3, 0.4) is 0 Å². The van der Waals surface area contributed by atoms with Crippen LogP contribution in [0, 0.1) is 0 Å². The van der Waals surface area contributed by atoms with Crippen LogP contribution in [0.2, 0.25) is 0 Å². The number of nitrogens with zero attached hydrogens (tertiary/aromatic N) is 2. The van der Waals surface area contributed by atoms with Gasteiger partial charge in [0.25, 0.3) is 0 Å². The standard InChI is InChI=1S/C14H16N2O2.Li.H/c1-3-18-14(17)13-9-15-10-16(13)11(2)12-7-5-4-6-8-12;;/h4-11H,3H2,1-2H3;;. The maximum absolute atomic E-state index is 11.8. The van der Waals surface area contributed by atoms with Crippen molar-refractivity contribution in [2.45, 2.75) is 19.9 Å². The molecule has 96 valence electrons. The van der Waals surface area contributed by atoms with Crippen LogP contribution in [0.25, 0.3) is 0 Å². The monoisotopic (exact) mass is 252 g/mol. The third-order valence-electron chi connectivity index (χ3n) is 2.85. The van der Waals surface area contributed by atoms with Gasteiger partial charge in [-0.3, -0.25) is 0 Å². The molecular weight excluding hydrogens is 235 g/mol. The van der Waals surface area contributed by atoms with Crippen molar-refractivity contribution >= 4 is 24.8 Å². The van der Waals surface area contributed by atoms with Crippen molar-refractivity contribution in [3.63, 3.8) is 0 Å². The molecule has 1 aromatic carbocycles. The molecule has 2 rings (SSSR count). The van der Waals surface area contributed by atoms with Crippen LogP contribution in [0.1, 0.15) is 35.9 Å². The number of carbonyl (C=O) groups is 1. The van der Waals surface area contributed by atoms with E-state index in [1.807, 2.05) is 41.8 Å². The van der Waals surface area contributed by atoms with E-state index < -0.39 is 0 Å². The average Bonchev–Trinajstić information content (AvgIpc) is 2.88. The molecule has 0 amide bonds. The summed E-state index contributed by atoms with van der Waals surface area (Å²) in [6.45, 7) is 4.18. The Balaban J connectivity index is 0.00000180. The van der Waals surface area contributed by atoms with E-state index in [0.717, 1.165) is 5.56 Å². The number of rotatable bonds is 4. The molecule has 0 saturated heterocycles. The summed E-state index contributed by atoms with van der Waals surface area (Å²) >= 11 is 0. The van der Waals surface area contributed by atoms with E-state index in [0.29, 0.717) is 12.3 Å². The van der Waals surface area contributed by atoms with Gasteiger partial charge in [-0.2, -0.15) is 0 Å². The molecule has 1 heterocycles. The van der Waals surface area contributed by atoms with Crippen molar-refractivity contribution in [2.24, 2.45) is 0 Å². The van der Waals surface area contributed by atoms with Gasteiger partial charge in [-0.15, -0.1) is 0 Å². The van der Waals surface area contributed by atoms with Crippen LogP contribution in [-0.4, -0.2) is 41.0 Å². The predicted molar refractivity (Wildman–Crippen MR) is 75.6 cm³/mol. The SMILES string of the molecule is CCOC(=O)c1cncn1C(C)c1ccccc1.[LiH]. The minimum atomic E-state index is -0.335. The third-order valence-corrected chi connectivity index (χ3v) is 2.85. The van der Waals surface area contributed by atoms with Gasteiger partial charge in [-0.25, -0.2) is 9.78 Å². The Morgan fingerprint density at radius 1 is 1.37 bits per heavy atom. The molecule has 0 radical (unpaired) electrons. The Morgan fingerprint density at radius 2 is 2.05 bits per heavy atom. The van der Waals surface area contributed by atoms with E-state index in [9.17, 15) is 4.79 Å². The van der Waals surface area contributed by atoms with Crippen molar-refractivity contribution in [2.75, 3.05) is 6.61 Å². The van der Waals surface area contributed by atoms with Gasteiger partial charge in [0.05, 0.1) is 25.2 Å². The van der Waals surface area contributed by atoms with Gasteiger partial charge in [0.1, 0.15) is 5.69 Å². The summed E-state index contributed by atoms with van der Waals surface area (Å²) < 4.78 is 6.84. The Bertz CT molecular complexity index is 525. The molecule has 0 saturated carbocycles. The van der Waals surface area contributed by atoms with Gasteiger partial charge < -0.3 is 9.30 Å². The van der Waals surface area contributed by atoms with Crippen molar-refractivity contribution in [1.82, 2.24) is 9.55 Å². The van der Waals surface area contributed by atoms with Crippen molar-refractivity contribution in [3.05, 3.63) is 54.1 Å². The fraction of sp³-hybridized carbons (Fsp3) is 0.286. The molecular formula is C14H17LiN2O2. The summed E-state index contributed by atoms with van der Waals surface area (Å²) in [7, 11) is 0. The Morgan fingerprint density at radius 3 is 2.68 bits per heavy atom. The number of esters is 1. The Kier molecular flexibility index (Phi) is 5.87. The van der Waals surface area contributed by atoms with Gasteiger partial charge >= 0.3 is 24.8 Å². The van der Waals surface area contributed by atoms with Gasteiger partial charge in [0, 0.05) is 0 Å². The number of ether oxygens (including phenoxy) is 1. The van der Waals surface area contributed by atoms with Crippen LogP contribution in [0.15, 0.2) is 42.9 Å². The fourth-order valence-electron chi connectivity index (χ4n) is 1.87. The van der Waals surface area contributed by atoms with E-state index in [1.165, 1.54) is 6.20 Å². The molecule has 0 aliphatic heterocycles. The molecule has 1 atom stereocenters. The van der Waals surface area contributed by atoms with Crippen LogP contribution in [-0.2, 0) is 4.74 Å². The third kappa shape index (κ3) is 3.49. The summed E-state index contributed by atoms with van der Waals surface area (Å²) in [5, 5.41) is 0. The molecule has 2 aromatic rings. The number of imidazole rings is 1. The fourth-order valence-corrected chi connectivity index (χ4v) is 1.87. The van der Waals surface area contributed by atoms with Crippen molar-refractivity contribution in [1.29, 1.82) is 0 Å². The van der Waals surface area contributed by atoms with Gasteiger partial charge in [0.15, 0.2) is 0 Å². The molecule has 0 fully saturated rings. The Hall–Kier alpha value is -1.50. The molecule has 5 heteroatoms. The number of carbonyl (C=O) groups excluding carboxylic acids is 1. The zero-order valence-corrected chi connectivity index (χ0v) is 10.5. The second-order valence-corrected chi connectivity index (χ2v) is 3.99. The van der Waals surface area contributed by atoms with E-state index in [4.69, 9.17) is 4.74 Å². The Labute approximate surface area is 125 Å². The second-order valence-electron chi connectivity index (χ2n) is 3.99. The number of aromatic nitrogens is 2. The zero-order valence-electron chi connectivity index (χ0n) is 10.5. The first-order valence-electron chi connectivity index (χ1n) is 5.98. The van der Waals surface area contributed by atoms with Crippen LogP contribution in [0.4, 0.5) is 0 Å². The van der Waals surface area contributed by atoms with Crippen LogP contribution in [0.5, 0.6) is 0 Å². The molecule has 0 spiro atoms. The molecule has 19 heavy (non-hydrogen) atoms. The molecule has 1 unspecified atom stereocenters. The first-order chi connectivity index (χ1) is 8.74. The summed E-state index contributed by atoms with van der Waals surface area (Å²) in [6.07, 6.45) is 3.20. The van der Waals surface area contributed by atoms with Gasteiger partial charge in [-0.1, -0.05) is 30.3 Å². The topological polar surface area (TPSA) is 44.1 Å². The first-order valence-corrected chi connectivity index (χ1v) is 5.98. The molecule has 1 aromatic heterocycles. The zero-order chi connectivity index (χ0) is 13.0. The van der Waals surface area contributed by atoms with Crippen molar-refractivity contribution < 1.29 is 9.53 Å². The summed E-state index contributed by atoms with van der Waals surface area (Å²) in [5.74, 6) is -0.335. The normalized spacial score (nSPS) is 11.5. The molecule has 0 bridgehead atoms. The number of hydrogen-bond acceptors (Lipinski definition) is 3. The van der Waals surface area contributed by atoms with Gasteiger partial charge in [-0.05, 0) is 19.4 Å². The van der Waals surface area contributed by atoms with Gasteiger partial charge in [0.2, 0.25) is 0 Å². The molecule has 0 N–H and O–H groups in total. The second kappa shape index (κ2) is 7.18. The minimum absolute atomic E-state index is 0. The average molecular weight is 252 g/mol. The summed E-state index contributed by atoms with van der Waals surface area (Å²) in [4.78, 5) is 15.8. The predicted octanol–water partition coefficient (Wildman–Crippen LogP) is 2.02.